The van der Waals surface area contributed by atoms with Gasteiger partial charge in [0, 0.05) is 18.8 Å². The summed E-state index contributed by atoms with van der Waals surface area (Å²) >= 11 is 0. The van der Waals surface area contributed by atoms with E-state index in [0.29, 0.717) is 12.6 Å². The van der Waals surface area contributed by atoms with E-state index in [-0.39, 0.29) is 5.82 Å². The molecule has 0 aliphatic heterocycles. The van der Waals surface area contributed by atoms with Crippen molar-refractivity contribution in [1.82, 2.24) is 10.3 Å². The molecule has 1 aromatic heterocycles. The molecule has 0 fully saturated rings. The first-order chi connectivity index (χ1) is 6.84. The van der Waals surface area contributed by atoms with Gasteiger partial charge in [0.1, 0.15) is 5.82 Å². The molecule has 1 aliphatic rings. The fourth-order valence-electron chi connectivity index (χ4n) is 1.60. The molecule has 0 saturated carbocycles. The Morgan fingerprint density at radius 2 is 2.14 bits per heavy atom. The van der Waals surface area contributed by atoms with Crippen LogP contribution in [0.15, 0.2) is 30.6 Å². The number of halogens is 1. The molecular weight excluding hydrogens is 179 g/mol. The van der Waals surface area contributed by atoms with Crippen LogP contribution < -0.4 is 5.32 Å². The van der Waals surface area contributed by atoms with Crippen LogP contribution in [-0.4, -0.2) is 11.0 Å². The molecule has 0 atom stereocenters. The molecule has 1 heterocycles. The third-order valence-electron chi connectivity index (χ3n) is 2.36. The van der Waals surface area contributed by atoms with E-state index in [9.17, 15) is 4.39 Å². The molecule has 0 saturated heterocycles. The van der Waals surface area contributed by atoms with Gasteiger partial charge in [0.05, 0.1) is 6.20 Å². The summed E-state index contributed by atoms with van der Waals surface area (Å²) in [6.07, 6.45) is 9.40. The summed E-state index contributed by atoms with van der Waals surface area (Å²) in [6.45, 7) is 0.692. The zero-order chi connectivity index (χ0) is 9.80. The number of rotatable bonds is 3. The van der Waals surface area contributed by atoms with Crippen LogP contribution in [0.25, 0.3) is 0 Å². The lowest BCUT2D eigenvalue weighted by Gasteiger charge is -2.11. The molecule has 0 spiro atoms. The zero-order valence-electron chi connectivity index (χ0n) is 7.91. The minimum atomic E-state index is -0.270. The number of nitrogens with zero attached hydrogens (tertiary/aromatic N) is 1. The topological polar surface area (TPSA) is 24.9 Å². The fraction of sp³-hybridized carbons (Fsp3) is 0.364. The van der Waals surface area contributed by atoms with Gasteiger partial charge in [0.15, 0.2) is 0 Å². The largest absolute Gasteiger partial charge is 0.309 e. The zero-order valence-corrected chi connectivity index (χ0v) is 7.91. The van der Waals surface area contributed by atoms with Crippen molar-refractivity contribution in [3.8, 4) is 0 Å². The normalized spacial score (nSPS) is 16.4. The minimum absolute atomic E-state index is 0.270. The van der Waals surface area contributed by atoms with Gasteiger partial charge in [-0.15, -0.1) is 0 Å². The summed E-state index contributed by atoms with van der Waals surface area (Å²) < 4.78 is 12.8. The summed E-state index contributed by atoms with van der Waals surface area (Å²) in [5.41, 5.74) is 0.900. The van der Waals surface area contributed by atoms with Crippen LogP contribution in [0.3, 0.4) is 0 Å². The molecular formula is C11H13FN2. The predicted octanol–water partition coefficient (Wildman–Crippen LogP) is 2.03. The van der Waals surface area contributed by atoms with Crippen LogP contribution in [0, 0.1) is 5.82 Å². The standard InChI is InChI=1S/C11H13FN2/c12-10-5-9(6-13-8-10)7-14-11-3-1-2-4-11/h1-2,5-6,8,11,14H,3-4,7H2. The molecule has 1 N–H and O–H groups in total. The summed E-state index contributed by atoms with van der Waals surface area (Å²) in [4.78, 5) is 3.80. The van der Waals surface area contributed by atoms with E-state index >= 15 is 0 Å². The van der Waals surface area contributed by atoms with E-state index in [0.717, 1.165) is 18.4 Å². The van der Waals surface area contributed by atoms with Crippen molar-refractivity contribution in [3.05, 3.63) is 42.0 Å². The summed E-state index contributed by atoms with van der Waals surface area (Å²) in [7, 11) is 0. The highest BCUT2D eigenvalue weighted by Gasteiger charge is 2.08. The Balaban J connectivity index is 1.85. The number of aromatic nitrogens is 1. The van der Waals surface area contributed by atoms with E-state index in [4.69, 9.17) is 0 Å². The Labute approximate surface area is 82.9 Å². The third kappa shape index (κ3) is 2.39. The predicted molar refractivity (Wildman–Crippen MR) is 53.2 cm³/mol. The van der Waals surface area contributed by atoms with Crippen LogP contribution in [0.2, 0.25) is 0 Å². The van der Waals surface area contributed by atoms with Gasteiger partial charge < -0.3 is 5.32 Å². The van der Waals surface area contributed by atoms with Gasteiger partial charge in [-0.1, -0.05) is 12.2 Å². The Morgan fingerprint density at radius 3 is 2.86 bits per heavy atom. The maximum atomic E-state index is 12.8. The lowest BCUT2D eigenvalue weighted by molar-refractivity contribution is 0.534. The van der Waals surface area contributed by atoms with Crippen LogP contribution in [0.4, 0.5) is 4.39 Å². The van der Waals surface area contributed by atoms with Gasteiger partial charge in [-0.05, 0) is 24.5 Å². The summed E-state index contributed by atoms with van der Waals surface area (Å²) in [6, 6.07) is 2.03. The van der Waals surface area contributed by atoms with E-state index < -0.39 is 0 Å². The third-order valence-corrected chi connectivity index (χ3v) is 2.36. The van der Waals surface area contributed by atoms with Crippen molar-refractivity contribution in [3.63, 3.8) is 0 Å². The van der Waals surface area contributed by atoms with Crippen LogP contribution in [0.1, 0.15) is 18.4 Å². The van der Waals surface area contributed by atoms with Crippen molar-refractivity contribution in [2.24, 2.45) is 0 Å². The maximum Gasteiger partial charge on any atom is 0.141 e. The fourth-order valence-corrected chi connectivity index (χ4v) is 1.60. The van der Waals surface area contributed by atoms with Gasteiger partial charge in [-0.25, -0.2) is 4.39 Å². The molecule has 1 aliphatic carbocycles. The second-order valence-corrected chi connectivity index (χ2v) is 3.53. The van der Waals surface area contributed by atoms with E-state index in [1.54, 1.807) is 6.20 Å². The van der Waals surface area contributed by atoms with Gasteiger partial charge >= 0.3 is 0 Å². The molecule has 74 valence electrons. The molecule has 0 amide bonds. The first-order valence-corrected chi connectivity index (χ1v) is 4.82. The van der Waals surface area contributed by atoms with Crippen molar-refractivity contribution in [2.45, 2.75) is 25.4 Å². The van der Waals surface area contributed by atoms with Gasteiger partial charge in [-0.2, -0.15) is 0 Å². The van der Waals surface area contributed by atoms with Crippen molar-refractivity contribution >= 4 is 0 Å². The lowest BCUT2D eigenvalue weighted by Crippen LogP contribution is -2.25. The lowest BCUT2D eigenvalue weighted by atomic mass is 10.2. The van der Waals surface area contributed by atoms with Crippen molar-refractivity contribution in [1.29, 1.82) is 0 Å². The summed E-state index contributed by atoms with van der Waals surface area (Å²) in [5, 5.41) is 3.36. The highest BCUT2D eigenvalue weighted by molar-refractivity contribution is 5.10. The van der Waals surface area contributed by atoms with Gasteiger partial charge in [0.2, 0.25) is 0 Å². The molecule has 1 aromatic rings. The summed E-state index contributed by atoms with van der Waals surface area (Å²) in [5.74, 6) is -0.270. The molecule has 14 heavy (non-hydrogen) atoms. The van der Waals surface area contributed by atoms with E-state index in [1.807, 2.05) is 0 Å². The van der Waals surface area contributed by atoms with E-state index in [1.165, 1.54) is 12.3 Å². The monoisotopic (exact) mass is 192 g/mol. The number of hydrogen-bond donors (Lipinski definition) is 1. The number of hydrogen-bond acceptors (Lipinski definition) is 2. The molecule has 2 nitrogen and oxygen atoms in total. The molecule has 0 aromatic carbocycles. The second kappa shape index (κ2) is 4.33. The maximum absolute atomic E-state index is 12.8. The highest BCUT2D eigenvalue weighted by atomic mass is 19.1. The molecule has 3 heteroatoms. The van der Waals surface area contributed by atoms with Crippen molar-refractivity contribution in [2.75, 3.05) is 0 Å². The quantitative estimate of drug-likeness (QED) is 0.741. The molecule has 0 radical (unpaired) electrons. The molecule has 2 rings (SSSR count). The molecule has 0 unspecified atom stereocenters. The first kappa shape index (κ1) is 9.34. The minimum Gasteiger partial charge on any atom is -0.309 e. The second-order valence-electron chi connectivity index (χ2n) is 3.53. The smallest absolute Gasteiger partial charge is 0.141 e. The Morgan fingerprint density at radius 1 is 1.36 bits per heavy atom. The first-order valence-electron chi connectivity index (χ1n) is 4.82. The molecule has 0 bridgehead atoms. The number of pyridine rings is 1. The highest BCUT2D eigenvalue weighted by Crippen LogP contribution is 2.10. The van der Waals surface area contributed by atoms with Gasteiger partial charge in [0.25, 0.3) is 0 Å². The van der Waals surface area contributed by atoms with E-state index in [2.05, 4.69) is 22.5 Å². The SMILES string of the molecule is Fc1cncc(CNC2CC=CC2)c1. The van der Waals surface area contributed by atoms with Gasteiger partial charge in [-0.3, -0.25) is 4.98 Å². The Kier molecular flexibility index (Phi) is 2.89. The average Bonchev–Trinajstić information content (AvgIpc) is 2.67. The Bertz CT molecular complexity index is 328. The number of nitrogens with one attached hydrogen (secondary N) is 1. The average molecular weight is 192 g/mol. The van der Waals surface area contributed by atoms with Crippen LogP contribution in [-0.2, 0) is 6.54 Å². The van der Waals surface area contributed by atoms with Crippen LogP contribution in [0.5, 0.6) is 0 Å². The van der Waals surface area contributed by atoms with Crippen molar-refractivity contribution < 1.29 is 4.39 Å². The van der Waals surface area contributed by atoms with Crippen LogP contribution >= 0.6 is 0 Å². The Hall–Kier alpha value is -1.22.